The molecule has 3 rings (SSSR count). The Bertz CT molecular complexity index is 745. The summed E-state index contributed by atoms with van der Waals surface area (Å²) in [5, 5.41) is 5.60. The van der Waals surface area contributed by atoms with Gasteiger partial charge in [0.05, 0.1) is 26.4 Å². The lowest BCUT2D eigenvalue weighted by Crippen LogP contribution is -2.52. The van der Waals surface area contributed by atoms with Gasteiger partial charge in [0.2, 0.25) is 11.8 Å². The second-order valence-corrected chi connectivity index (χ2v) is 6.67. The van der Waals surface area contributed by atoms with E-state index in [4.69, 9.17) is 15.2 Å². The molecule has 0 saturated carbocycles. The van der Waals surface area contributed by atoms with E-state index in [-0.39, 0.29) is 30.6 Å². The monoisotopic (exact) mass is 426 g/mol. The first kappa shape index (κ1) is 23.1. The number of halogens is 1. The summed E-state index contributed by atoms with van der Waals surface area (Å²) < 4.78 is 10.7. The minimum atomic E-state index is -0.609. The lowest BCUT2D eigenvalue weighted by Gasteiger charge is -2.29. The summed E-state index contributed by atoms with van der Waals surface area (Å²) in [6.45, 7) is 3.45. The Morgan fingerprint density at radius 3 is 2.62 bits per heavy atom. The van der Waals surface area contributed by atoms with Gasteiger partial charge in [0, 0.05) is 42.9 Å². The molecule has 0 spiro atoms. The molecule has 1 fully saturated rings. The molecule has 0 bridgehead atoms. The van der Waals surface area contributed by atoms with Crippen LogP contribution in [-0.4, -0.2) is 68.2 Å². The Morgan fingerprint density at radius 2 is 1.90 bits per heavy atom. The van der Waals surface area contributed by atoms with Crippen LogP contribution in [0.2, 0.25) is 0 Å². The predicted octanol–water partition coefficient (Wildman–Crippen LogP) is 0.273. The third kappa shape index (κ3) is 5.66. The molecule has 4 N–H and O–H groups in total. The topological polar surface area (TPSA) is 123 Å². The van der Waals surface area contributed by atoms with Gasteiger partial charge in [0.15, 0.2) is 0 Å². The van der Waals surface area contributed by atoms with Crippen molar-refractivity contribution in [2.24, 2.45) is 5.73 Å². The number of nitrogens with one attached hydrogen (secondary N) is 2. The molecule has 2 aliphatic heterocycles. The van der Waals surface area contributed by atoms with E-state index in [1.807, 2.05) is 12.1 Å². The average Bonchev–Trinajstić information content (AvgIpc) is 3.01. The molecular formula is C19H27ClN4O5. The molecule has 0 aromatic heterocycles. The Balaban J connectivity index is 0.00000300. The van der Waals surface area contributed by atoms with Crippen molar-refractivity contribution in [2.75, 3.05) is 44.8 Å². The van der Waals surface area contributed by atoms with E-state index < -0.39 is 11.9 Å². The van der Waals surface area contributed by atoms with Gasteiger partial charge in [0.25, 0.3) is 5.91 Å². The molecule has 1 unspecified atom stereocenters. The smallest absolute Gasteiger partial charge is 0.255 e. The van der Waals surface area contributed by atoms with Crippen LogP contribution in [0.25, 0.3) is 0 Å². The zero-order chi connectivity index (χ0) is 19.9. The molecule has 29 heavy (non-hydrogen) atoms. The van der Waals surface area contributed by atoms with Crippen LogP contribution in [0.15, 0.2) is 18.2 Å². The fourth-order valence-electron chi connectivity index (χ4n) is 3.41. The maximum Gasteiger partial charge on any atom is 0.255 e. The number of hydrogen-bond donors (Lipinski definition) is 3. The minimum Gasteiger partial charge on any atom is -0.382 e. The molecule has 9 nitrogen and oxygen atoms in total. The Hall–Kier alpha value is -2.20. The lowest BCUT2D eigenvalue weighted by atomic mass is 10.0. The van der Waals surface area contributed by atoms with Gasteiger partial charge in [-0.2, -0.15) is 0 Å². The molecular weight excluding hydrogens is 400 g/mol. The number of piperidine rings is 1. The second kappa shape index (κ2) is 11.1. The first-order valence-electron chi connectivity index (χ1n) is 9.47. The van der Waals surface area contributed by atoms with Crippen molar-refractivity contribution in [3.63, 3.8) is 0 Å². The lowest BCUT2D eigenvalue weighted by molar-refractivity contribution is -0.136. The van der Waals surface area contributed by atoms with E-state index in [2.05, 4.69) is 10.6 Å². The first-order chi connectivity index (χ1) is 13.6. The van der Waals surface area contributed by atoms with Crippen LogP contribution in [0.3, 0.4) is 0 Å². The van der Waals surface area contributed by atoms with Crippen LogP contribution in [0.1, 0.15) is 28.8 Å². The number of rotatable bonds is 10. The van der Waals surface area contributed by atoms with Crippen molar-refractivity contribution in [1.82, 2.24) is 10.2 Å². The zero-order valence-corrected chi connectivity index (χ0v) is 17.0. The number of anilines is 1. The number of hydrogen-bond acceptors (Lipinski definition) is 7. The molecule has 1 saturated heterocycles. The normalized spacial score (nSPS) is 18.3. The number of carbonyl (C=O) groups is 3. The fraction of sp³-hybridized carbons (Fsp3) is 0.526. The molecule has 160 valence electrons. The highest BCUT2D eigenvalue weighted by atomic mass is 35.5. The third-order valence-corrected chi connectivity index (χ3v) is 4.78. The van der Waals surface area contributed by atoms with Crippen LogP contribution in [0.4, 0.5) is 5.69 Å². The van der Waals surface area contributed by atoms with E-state index >= 15 is 0 Å². The molecule has 10 heteroatoms. The SMILES string of the molecule is Cl.NCCOCCOCCNc1cccc2c1CN(C1CCC(=O)NC1=O)C2=O. The van der Waals surface area contributed by atoms with Crippen molar-refractivity contribution in [3.05, 3.63) is 29.3 Å². The van der Waals surface area contributed by atoms with Crippen LogP contribution < -0.4 is 16.4 Å². The molecule has 2 heterocycles. The van der Waals surface area contributed by atoms with E-state index in [1.54, 1.807) is 11.0 Å². The largest absolute Gasteiger partial charge is 0.382 e. The fourth-order valence-corrected chi connectivity index (χ4v) is 3.41. The molecule has 0 aliphatic carbocycles. The summed E-state index contributed by atoms with van der Waals surface area (Å²) >= 11 is 0. The maximum atomic E-state index is 12.8. The highest BCUT2D eigenvalue weighted by Crippen LogP contribution is 2.32. The highest BCUT2D eigenvalue weighted by Gasteiger charge is 2.39. The summed E-state index contributed by atoms with van der Waals surface area (Å²) in [7, 11) is 0. The quantitative estimate of drug-likeness (QED) is 0.362. The molecule has 0 radical (unpaired) electrons. The number of fused-ring (bicyclic) bond motifs is 1. The Kier molecular flexibility index (Phi) is 8.84. The highest BCUT2D eigenvalue weighted by molar-refractivity contribution is 6.06. The van der Waals surface area contributed by atoms with Crippen molar-refractivity contribution in [3.8, 4) is 0 Å². The first-order valence-corrected chi connectivity index (χ1v) is 9.47. The Labute approximate surface area is 175 Å². The maximum absolute atomic E-state index is 12.8. The van der Waals surface area contributed by atoms with Crippen molar-refractivity contribution < 1.29 is 23.9 Å². The van der Waals surface area contributed by atoms with E-state index in [9.17, 15) is 14.4 Å². The number of imide groups is 1. The number of nitrogens with zero attached hydrogens (tertiary/aromatic N) is 1. The third-order valence-electron chi connectivity index (χ3n) is 4.78. The summed E-state index contributed by atoms with van der Waals surface area (Å²) in [5.74, 6) is -0.875. The van der Waals surface area contributed by atoms with Gasteiger partial charge in [-0.15, -0.1) is 12.4 Å². The summed E-state index contributed by atoms with van der Waals surface area (Å²) in [5.41, 5.74) is 7.64. The number of nitrogens with two attached hydrogens (primary N) is 1. The van der Waals surface area contributed by atoms with Crippen LogP contribution in [0, 0.1) is 0 Å². The number of amides is 3. The minimum absolute atomic E-state index is 0. The Morgan fingerprint density at radius 1 is 1.14 bits per heavy atom. The van der Waals surface area contributed by atoms with Gasteiger partial charge in [-0.1, -0.05) is 6.07 Å². The van der Waals surface area contributed by atoms with Gasteiger partial charge in [-0.25, -0.2) is 0 Å². The van der Waals surface area contributed by atoms with Gasteiger partial charge in [-0.3, -0.25) is 19.7 Å². The predicted molar refractivity (Wildman–Crippen MR) is 109 cm³/mol. The summed E-state index contributed by atoms with van der Waals surface area (Å²) in [4.78, 5) is 37.8. The van der Waals surface area contributed by atoms with E-state index in [0.717, 1.165) is 11.3 Å². The van der Waals surface area contributed by atoms with Crippen LogP contribution in [-0.2, 0) is 25.6 Å². The van der Waals surface area contributed by atoms with E-state index in [0.29, 0.717) is 58.0 Å². The summed E-state index contributed by atoms with van der Waals surface area (Å²) in [6.07, 6.45) is 0.598. The van der Waals surface area contributed by atoms with Crippen LogP contribution in [0.5, 0.6) is 0 Å². The van der Waals surface area contributed by atoms with Crippen molar-refractivity contribution in [2.45, 2.75) is 25.4 Å². The number of carbonyl (C=O) groups excluding carboxylic acids is 3. The van der Waals surface area contributed by atoms with E-state index in [1.165, 1.54) is 0 Å². The van der Waals surface area contributed by atoms with Crippen molar-refractivity contribution >= 4 is 35.8 Å². The number of ether oxygens (including phenoxy) is 2. The van der Waals surface area contributed by atoms with Gasteiger partial charge >= 0.3 is 0 Å². The standard InChI is InChI=1S/C19H26N4O5.ClH/c20-6-8-27-10-11-28-9-7-21-15-3-1-2-13-14(15)12-23(19(13)26)16-4-5-17(24)22-18(16)25;/h1-3,16,21H,4-12,20H2,(H,22,24,25);1H. The average molecular weight is 427 g/mol. The summed E-state index contributed by atoms with van der Waals surface area (Å²) in [6, 6.07) is 4.88. The zero-order valence-electron chi connectivity index (χ0n) is 16.1. The number of benzene rings is 1. The van der Waals surface area contributed by atoms with Gasteiger partial charge in [0.1, 0.15) is 6.04 Å². The van der Waals surface area contributed by atoms with Gasteiger partial charge in [-0.05, 0) is 18.6 Å². The van der Waals surface area contributed by atoms with Gasteiger partial charge < -0.3 is 25.4 Å². The van der Waals surface area contributed by atoms with Crippen LogP contribution >= 0.6 is 12.4 Å². The second-order valence-electron chi connectivity index (χ2n) is 6.67. The molecule has 1 aromatic rings. The molecule has 1 aromatic carbocycles. The van der Waals surface area contributed by atoms with Crippen molar-refractivity contribution in [1.29, 1.82) is 0 Å². The molecule has 3 amide bonds. The molecule has 2 aliphatic rings. The molecule has 1 atom stereocenters.